The van der Waals surface area contributed by atoms with Crippen LogP contribution in [0.2, 0.25) is 0 Å². The summed E-state index contributed by atoms with van der Waals surface area (Å²) in [5.74, 6) is 0.215. The molecule has 1 saturated heterocycles. The van der Waals surface area contributed by atoms with Crippen LogP contribution >= 0.6 is 0 Å². The molecule has 1 aromatic carbocycles. The van der Waals surface area contributed by atoms with Gasteiger partial charge in [0, 0.05) is 18.3 Å². The molecule has 0 aliphatic carbocycles. The van der Waals surface area contributed by atoms with E-state index in [1.54, 1.807) is 12.7 Å². The predicted molar refractivity (Wildman–Crippen MR) is 91.7 cm³/mol. The third-order valence-electron chi connectivity index (χ3n) is 5.11. The van der Waals surface area contributed by atoms with Crippen molar-refractivity contribution >= 4 is 11.6 Å². The van der Waals surface area contributed by atoms with Crippen LogP contribution in [-0.2, 0) is 17.8 Å². The van der Waals surface area contributed by atoms with E-state index in [1.165, 1.54) is 5.56 Å². The second-order valence-electron chi connectivity index (χ2n) is 6.66. The minimum Gasteiger partial charge on any atom is -0.311 e. The SMILES string of the molecule is O=C(CN1CCC[C@@H]1Cn1cncn1)N1CCCc2ccccc21. The molecule has 2 aliphatic rings. The summed E-state index contributed by atoms with van der Waals surface area (Å²) >= 11 is 0. The third-order valence-corrected chi connectivity index (χ3v) is 5.11. The molecule has 1 atom stereocenters. The topological polar surface area (TPSA) is 54.3 Å². The van der Waals surface area contributed by atoms with Crippen LogP contribution in [0.3, 0.4) is 0 Å². The summed E-state index contributed by atoms with van der Waals surface area (Å²) in [5.41, 5.74) is 2.39. The first-order valence-corrected chi connectivity index (χ1v) is 8.76. The molecule has 6 heteroatoms. The predicted octanol–water partition coefficient (Wildman–Crippen LogP) is 1.72. The molecule has 1 fully saturated rings. The van der Waals surface area contributed by atoms with E-state index in [0.29, 0.717) is 12.6 Å². The molecule has 0 N–H and O–H groups in total. The van der Waals surface area contributed by atoms with Crippen molar-refractivity contribution in [1.29, 1.82) is 0 Å². The number of hydrogen-bond acceptors (Lipinski definition) is 4. The molecule has 2 aliphatic heterocycles. The molecule has 0 bridgehead atoms. The monoisotopic (exact) mass is 325 g/mol. The zero-order valence-electron chi connectivity index (χ0n) is 13.8. The molecule has 24 heavy (non-hydrogen) atoms. The standard InChI is InChI=1S/C18H23N5O/c24-18(23-10-3-6-15-5-1-2-8-17(15)23)12-21-9-4-7-16(21)11-22-14-19-13-20-22/h1-2,5,8,13-14,16H,3-4,6-7,9-12H2/t16-/m1/s1. The Morgan fingerprint density at radius 2 is 2.12 bits per heavy atom. The van der Waals surface area contributed by atoms with Crippen molar-refractivity contribution in [1.82, 2.24) is 19.7 Å². The molecule has 0 spiro atoms. The number of anilines is 1. The van der Waals surface area contributed by atoms with Crippen molar-refractivity contribution in [2.45, 2.75) is 38.3 Å². The summed E-state index contributed by atoms with van der Waals surface area (Å²) in [6, 6.07) is 8.66. The number of fused-ring (bicyclic) bond motifs is 1. The van der Waals surface area contributed by atoms with Crippen LogP contribution < -0.4 is 4.90 Å². The number of aryl methyl sites for hydroxylation is 1. The Labute approximate surface area is 142 Å². The highest BCUT2D eigenvalue weighted by atomic mass is 16.2. The number of benzene rings is 1. The average Bonchev–Trinajstić information content (AvgIpc) is 3.27. The van der Waals surface area contributed by atoms with Gasteiger partial charge < -0.3 is 4.90 Å². The van der Waals surface area contributed by atoms with Gasteiger partial charge in [-0.2, -0.15) is 5.10 Å². The van der Waals surface area contributed by atoms with E-state index < -0.39 is 0 Å². The van der Waals surface area contributed by atoms with Gasteiger partial charge in [-0.05, 0) is 43.9 Å². The molecule has 0 radical (unpaired) electrons. The minimum atomic E-state index is 0.215. The van der Waals surface area contributed by atoms with E-state index in [4.69, 9.17) is 0 Å². The van der Waals surface area contributed by atoms with Crippen LogP contribution in [0.15, 0.2) is 36.9 Å². The largest absolute Gasteiger partial charge is 0.311 e. The van der Waals surface area contributed by atoms with Crippen LogP contribution in [0.1, 0.15) is 24.8 Å². The maximum absolute atomic E-state index is 12.9. The maximum atomic E-state index is 12.9. The number of para-hydroxylation sites is 1. The van der Waals surface area contributed by atoms with E-state index in [9.17, 15) is 4.79 Å². The summed E-state index contributed by atoms with van der Waals surface area (Å²) < 4.78 is 1.86. The number of likely N-dealkylation sites (tertiary alicyclic amines) is 1. The summed E-state index contributed by atoms with van der Waals surface area (Å²) in [7, 11) is 0. The minimum absolute atomic E-state index is 0.215. The summed E-state index contributed by atoms with van der Waals surface area (Å²) in [6.07, 6.45) is 7.69. The summed E-state index contributed by atoms with van der Waals surface area (Å²) in [6.45, 7) is 3.12. The summed E-state index contributed by atoms with van der Waals surface area (Å²) in [4.78, 5) is 21.2. The zero-order valence-corrected chi connectivity index (χ0v) is 13.8. The normalized spacial score (nSPS) is 21.0. The molecule has 1 aromatic heterocycles. The van der Waals surface area contributed by atoms with Gasteiger partial charge in [-0.15, -0.1) is 0 Å². The third kappa shape index (κ3) is 3.06. The van der Waals surface area contributed by atoms with Gasteiger partial charge >= 0.3 is 0 Å². The Morgan fingerprint density at radius 1 is 1.21 bits per heavy atom. The van der Waals surface area contributed by atoms with Gasteiger partial charge in [0.15, 0.2) is 0 Å². The van der Waals surface area contributed by atoms with Crippen molar-refractivity contribution in [3.8, 4) is 0 Å². The molecule has 126 valence electrons. The Bertz CT molecular complexity index is 699. The lowest BCUT2D eigenvalue weighted by atomic mass is 10.0. The molecule has 0 saturated carbocycles. The number of hydrogen-bond donors (Lipinski definition) is 0. The average molecular weight is 325 g/mol. The maximum Gasteiger partial charge on any atom is 0.241 e. The first-order valence-electron chi connectivity index (χ1n) is 8.76. The highest BCUT2D eigenvalue weighted by Gasteiger charge is 2.30. The molecule has 0 unspecified atom stereocenters. The van der Waals surface area contributed by atoms with E-state index in [0.717, 1.165) is 51.0 Å². The first kappa shape index (κ1) is 15.3. The van der Waals surface area contributed by atoms with Crippen LogP contribution in [0.25, 0.3) is 0 Å². The molecule has 6 nitrogen and oxygen atoms in total. The molecular formula is C18H23N5O. The summed E-state index contributed by atoms with van der Waals surface area (Å²) in [5, 5.41) is 4.20. The van der Waals surface area contributed by atoms with Gasteiger partial charge in [-0.25, -0.2) is 4.98 Å². The van der Waals surface area contributed by atoms with Crippen molar-refractivity contribution in [3.63, 3.8) is 0 Å². The highest BCUT2D eigenvalue weighted by Crippen LogP contribution is 2.27. The lowest BCUT2D eigenvalue weighted by Crippen LogP contribution is -2.45. The van der Waals surface area contributed by atoms with Crippen molar-refractivity contribution in [2.75, 3.05) is 24.5 Å². The van der Waals surface area contributed by atoms with Crippen LogP contribution in [0.5, 0.6) is 0 Å². The molecule has 1 amide bonds. The van der Waals surface area contributed by atoms with Crippen molar-refractivity contribution in [3.05, 3.63) is 42.5 Å². The smallest absolute Gasteiger partial charge is 0.241 e. The number of aromatic nitrogens is 3. The number of carbonyl (C=O) groups is 1. The number of rotatable bonds is 4. The fourth-order valence-corrected chi connectivity index (χ4v) is 3.90. The van der Waals surface area contributed by atoms with Gasteiger partial charge in [-0.1, -0.05) is 18.2 Å². The number of amides is 1. The fraction of sp³-hybridized carbons (Fsp3) is 0.500. The van der Waals surface area contributed by atoms with Crippen LogP contribution in [0.4, 0.5) is 5.69 Å². The Morgan fingerprint density at radius 3 is 3.00 bits per heavy atom. The lowest BCUT2D eigenvalue weighted by Gasteiger charge is -2.32. The van der Waals surface area contributed by atoms with Gasteiger partial charge in [0.05, 0.1) is 13.1 Å². The first-order chi connectivity index (χ1) is 11.8. The molecule has 3 heterocycles. The van der Waals surface area contributed by atoms with E-state index in [-0.39, 0.29) is 5.91 Å². The Balaban J connectivity index is 1.44. The Hall–Kier alpha value is -2.21. The van der Waals surface area contributed by atoms with E-state index in [1.807, 2.05) is 15.6 Å². The molecule has 4 rings (SSSR count). The fourth-order valence-electron chi connectivity index (χ4n) is 3.90. The van der Waals surface area contributed by atoms with Crippen LogP contribution in [-0.4, -0.2) is 51.2 Å². The second kappa shape index (κ2) is 6.73. The van der Waals surface area contributed by atoms with Gasteiger partial charge in [0.25, 0.3) is 0 Å². The molecular weight excluding hydrogens is 302 g/mol. The molecule has 2 aromatic rings. The Kier molecular flexibility index (Phi) is 4.30. The van der Waals surface area contributed by atoms with Gasteiger partial charge in [0.2, 0.25) is 5.91 Å². The second-order valence-corrected chi connectivity index (χ2v) is 6.66. The quantitative estimate of drug-likeness (QED) is 0.859. The highest BCUT2D eigenvalue weighted by molar-refractivity contribution is 5.96. The van der Waals surface area contributed by atoms with Gasteiger partial charge in [0.1, 0.15) is 12.7 Å². The number of nitrogens with zero attached hydrogens (tertiary/aromatic N) is 5. The van der Waals surface area contributed by atoms with Crippen LogP contribution in [0, 0.1) is 0 Å². The lowest BCUT2D eigenvalue weighted by molar-refractivity contribution is -0.120. The van der Waals surface area contributed by atoms with E-state index in [2.05, 4.69) is 33.2 Å². The van der Waals surface area contributed by atoms with E-state index >= 15 is 0 Å². The zero-order chi connectivity index (χ0) is 16.4. The number of carbonyl (C=O) groups excluding carboxylic acids is 1. The van der Waals surface area contributed by atoms with Crippen molar-refractivity contribution in [2.24, 2.45) is 0 Å². The van der Waals surface area contributed by atoms with Gasteiger partial charge in [-0.3, -0.25) is 14.4 Å². The van der Waals surface area contributed by atoms with Crippen molar-refractivity contribution < 1.29 is 4.79 Å².